The van der Waals surface area contributed by atoms with Gasteiger partial charge in [-0.15, -0.1) is 0 Å². The lowest BCUT2D eigenvalue weighted by Gasteiger charge is -2.27. The third kappa shape index (κ3) is 3.69. The minimum absolute atomic E-state index is 0.0200. The zero-order valence-electron chi connectivity index (χ0n) is 14.3. The second-order valence-corrected chi connectivity index (χ2v) is 6.42. The molecule has 25 heavy (non-hydrogen) atoms. The molecule has 2 heterocycles. The summed E-state index contributed by atoms with van der Waals surface area (Å²) in [6.45, 7) is 3.05. The SMILES string of the molecule is CCOC(=O)c1nn(C)c2c1CN(C(=O)Cc1ccc(Cl)cc1)CC2. The van der Waals surface area contributed by atoms with Crippen molar-refractivity contribution in [2.24, 2.45) is 7.05 Å². The highest BCUT2D eigenvalue weighted by Crippen LogP contribution is 2.23. The summed E-state index contributed by atoms with van der Waals surface area (Å²) in [5.41, 5.74) is 3.00. The molecule has 7 heteroatoms. The lowest BCUT2D eigenvalue weighted by Crippen LogP contribution is -2.37. The smallest absolute Gasteiger partial charge is 0.359 e. The van der Waals surface area contributed by atoms with Crippen LogP contribution in [-0.4, -0.2) is 39.7 Å². The summed E-state index contributed by atoms with van der Waals surface area (Å²) in [6, 6.07) is 7.25. The van der Waals surface area contributed by atoms with Crippen LogP contribution in [0.4, 0.5) is 0 Å². The van der Waals surface area contributed by atoms with E-state index in [1.54, 1.807) is 28.6 Å². The molecular formula is C18H20ClN3O3. The van der Waals surface area contributed by atoms with Gasteiger partial charge in [0.15, 0.2) is 5.69 Å². The van der Waals surface area contributed by atoms with Gasteiger partial charge in [0.2, 0.25) is 5.91 Å². The Balaban J connectivity index is 1.76. The Bertz CT molecular complexity index is 799. The number of halogens is 1. The van der Waals surface area contributed by atoms with Gasteiger partial charge in [0.1, 0.15) is 0 Å². The van der Waals surface area contributed by atoms with Crippen molar-refractivity contribution >= 4 is 23.5 Å². The van der Waals surface area contributed by atoms with Crippen LogP contribution in [0.15, 0.2) is 24.3 Å². The van der Waals surface area contributed by atoms with Crippen molar-refractivity contribution in [3.63, 3.8) is 0 Å². The van der Waals surface area contributed by atoms with Gasteiger partial charge in [0.25, 0.3) is 0 Å². The number of amides is 1. The standard InChI is InChI=1S/C18H20ClN3O3/c1-3-25-18(24)17-14-11-22(9-8-15(14)21(2)20-17)16(23)10-12-4-6-13(19)7-5-12/h4-7H,3,8-11H2,1-2H3. The van der Waals surface area contributed by atoms with E-state index in [2.05, 4.69) is 5.10 Å². The van der Waals surface area contributed by atoms with Gasteiger partial charge in [0, 0.05) is 42.8 Å². The maximum atomic E-state index is 12.6. The fourth-order valence-corrected chi connectivity index (χ4v) is 3.18. The number of esters is 1. The Morgan fingerprint density at radius 2 is 2.00 bits per heavy atom. The molecule has 0 atom stereocenters. The lowest BCUT2D eigenvalue weighted by molar-refractivity contribution is -0.131. The number of hydrogen-bond acceptors (Lipinski definition) is 4. The summed E-state index contributed by atoms with van der Waals surface area (Å²) in [7, 11) is 1.81. The van der Waals surface area contributed by atoms with E-state index in [0.717, 1.165) is 16.8 Å². The molecule has 132 valence electrons. The van der Waals surface area contributed by atoms with E-state index in [1.807, 2.05) is 19.2 Å². The molecule has 0 fully saturated rings. The molecule has 0 radical (unpaired) electrons. The topological polar surface area (TPSA) is 64.4 Å². The van der Waals surface area contributed by atoms with Crippen molar-refractivity contribution in [2.45, 2.75) is 26.3 Å². The molecular weight excluding hydrogens is 342 g/mol. The van der Waals surface area contributed by atoms with E-state index in [0.29, 0.717) is 43.3 Å². The molecule has 6 nitrogen and oxygen atoms in total. The first-order chi connectivity index (χ1) is 12.0. The third-order valence-corrected chi connectivity index (χ3v) is 4.58. The molecule has 2 aromatic rings. The lowest BCUT2D eigenvalue weighted by atomic mass is 10.0. The Labute approximate surface area is 151 Å². The molecule has 0 saturated heterocycles. The highest BCUT2D eigenvalue weighted by Gasteiger charge is 2.29. The number of carbonyl (C=O) groups excluding carboxylic acids is 2. The number of aryl methyl sites for hydroxylation is 1. The molecule has 0 aliphatic carbocycles. The maximum absolute atomic E-state index is 12.6. The summed E-state index contributed by atoms with van der Waals surface area (Å²) < 4.78 is 6.79. The van der Waals surface area contributed by atoms with Crippen molar-refractivity contribution in [3.8, 4) is 0 Å². The van der Waals surface area contributed by atoms with Gasteiger partial charge in [-0.3, -0.25) is 9.48 Å². The van der Waals surface area contributed by atoms with Crippen LogP contribution in [-0.2, 0) is 36.0 Å². The number of aromatic nitrogens is 2. The Kier molecular flexibility index (Phi) is 5.08. The Morgan fingerprint density at radius 1 is 1.28 bits per heavy atom. The molecule has 1 amide bonds. The normalized spacial score (nSPS) is 13.5. The van der Waals surface area contributed by atoms with Crippen molar-refractivity contribution in [1.29, 1.82) is 0 Å². The van der Waals surface area contributed by atoms with Crippen LogP contribution in [0.25, 0.3) is 0 Å². The fraction of sp³-hybridized carbons (Fsp3) is 0.389. The van der Waals surface area contributed by atoms with E-state index in [1.165, 1.54) is 0 Å². The molecule has 0 bridgehead atoms. The first kappa shape index (κ1) is 17.5. The van der Waals surface area contributed by atoms with E-state index >= 15 is 0 Å². The van der Waals surface area contributed by atoms with Crippen LogP contribution in [0.5, 0.6) is 0 Å². The number of nitrogens with zero attached hydrogens (tertiary/aromatic N) is 3. The average molecular weight is 362 g/mol. The minimum Gasteiger partial charge on any atom is -0.461 e. The highest BCUT2D eigenvalue weighted by molar-refractivity contribution is 6.30. The van der Waals surface area contributed by atoms with Crippen molar-refractivity contribution in [1.82, 2.24) is 14.7 Å². The average Bonchev–Trinajstić information content (AvgIpc) is 2.93. The van der Waals surface area contributed by atoms with Crippen molar-refractivity contribution in [3.05, 3.63) is 51.8 Å². The second kappa shape index (κ2) is 7.27. The first-order valence-electron chi connectivity index (χ1n) is 8.23. The van der Waals surface area contributed by atoms with Crippen LogP contribution in [0.3, 0.4) is 0 Å². The minimum atomic E-state index is -0.439. The van der Waals surface area contributed by atoms with Crippen molar-refractivity contribution in [2.75, 3.05) is 13.2 Å². The van der Waals surface area contributed by atoms with Gasteiger partial charge in [-0.2, -0.15) is 5.10 Å². The summed E-state index contributed by atoms with van der Waals surface area (Å²) in [5.74, 6) is -0.419. The Hall–Kier alpha value is -2.34. The molecule has 1 aliphatic rings. The first-order valence-corrected chi connectivity index (χ1v) is 8.61. The Morgan fingerprint density at radius 3 is 2.68 bits per heavy atom. The number of rotatable bonds is 4. The van der Waals surface area contributed by atoms with Crippen LogP contribution in [0, 0.1) is 0 Å². The van der Waals surface area contributed by atoms with Crippen LogP contribution >= 0.6 is 11.6 Å². The molecule has 0 N–H and O–H groups in total. The molecule has 1 aromatic heterocycles. The number of fused-ring (bicyclic) bond motifs is 1. The highest BCUT2D eigenvalue weighted by atomic mass is 35.5. The van der Waals surface area contributed by atoms with Gasteiger partial charge < -0.3 is 9.64 Å². The molecule has 1 aromatic carbocycles. The van der Waals surface area contributed by atoms with E-state index < -0.39 is 5.97 Å². The summed E-state index contributed by atoms with van der Waals surface area (Å²) in [4.78, 5) is 26.5. The molecule has 0 unspecified atom stereocenters. The quantitative estimate of drug-likeness (QED) is 0.784. The van der Waals surface area contributed by atoms with Crippen molar-refractivity contribution < 1.29 is 14.3 Å². The van der Waals surface area contributed by atoms with Crippen LogP contribution in [0.2, 0.25) is 5.02 Å². The van der Waals surface area contributed by atoms with Gasteiger partial charge in [-0.05, 0) is 24.6 Å². The van der Waals surface area contributed by atoms with E-state index in [9.17, 15) is 9.59 Å². The molecule has 1 aliphatic heterocycles. The third-order valence-electron chi connectivity index (χ3n) is 4.33. The summed E-state index contributed by atoms with van der Waals surface area (Å²) in [6.07, 6.45) is 0.978. The molecule has 0 spiro atoms. The van der Waals surface area contributed by atoms with Crippen LogP contribution < -0.4 is 0 Å². The van der Waals surface area contributed by atoms with Gasteiger partial charge in [-0.1, -0.05) is 23.7 Å². The fourth-order valence-electron chi connectivity index (χ4n) is 3.06. The molecule has 0 saturated carbocycles. The van der Waals surface area contributed by atoms with Gasteiger partial charge in [-0.25, -0.2) is 4.79 Å². The zero-order chi connectivity index (χ0) is 18.0. The summed E-state index contributed by atoms with van der Waals surface area (Å²) in [5, 5.41) is 4.93. The zero-order valence-corrected chi connectivity index (χ0v) is 15.0. The monoisotopic (exact) mass is 361 g/mol. The number of benzene rings is 1. The van der Waals surface area contributed by atoms with E-state index in [4.69, 9.17) is 16.3 Å². The van der Waals surface area contributed by atoms with E-state index in [-0.39, 0.29) is 5.91 Å². The number of hydrogen-bond donors (Lipinski definition) is 0. The van der Waals surface area contributed by atoms with Gasteiger partial charge >= 0.3 is 5.97 Å². The largest absolute Gasteiger partial charge is 0.461 e. The predicted octanol–water partition coefficient (Wildman–Crippen LogP) is 2.38. The number of ether oxygens (including phenoxy) is 1. The summed E-state index contributed by atoms with van der Waals surface area (Å²) >= 11 is 5.88. The molecule has 3 rings (SSSR count). The predicted molar refractivity (Wildman–Crippen MR) is 93.4 cm³/mol. The maximum Gasteiger partial charge on any atom is 0.359 e. The number of carbonyl (C=O) groups is 2. The van der Waals surface area contributed by atoms with Crippen LogP contribution in [0.1, 0.15) is 34.2 Å². The second-order valence-electron chi connectivity index (χ2n) is 5.99. The van der Waals surface area contributed by atoms with Gasteiger partial charge in [0.05, 0.1) is 13.0 Å².